The van der Waals surface area contributed by atoms with E-state index in [4.69, 9.17) is 9.47 Å². The van der Waals surface area contributed by atoms with Gasteiger partial charge in [-0.1, -0.05) is 0 Å². The van der Waals surface area contributed by atoms with Gasteiger partial charge >= 0.3 is 11.7 Å². The third-order valence-electron chi connectivity index (χ3n) is 5.49. The number of nitrogens with zero attached hydrogens (tertiary/aromatic N) is 6. The predicted molar refractivity (Wildman–Crippen MR) is 107 cm³/mol. The Morgan fingerprint density at radius 2 is 2.06 bits per heavy atom. The first kappa shape index (κ1) is 19.4. The average Bonchev–Trinajstić information content (AvgIpc) is 3.32. The highest BCUT2D eigenvalue weighted by molar-refractivity contribution is 5.78. The molecule has 5 rings (SSSR count). The first-order valence-electron chi connectivity index (χ1n) is 9.82. The molecule has 1 fully saturated rings. The van der Waals surface area contributed by atoms with Gasteiger partial charge in [0, 0.05) is 25.3 Å². The number of rotatable bonds is 4. The lowest BCUT2D eigenvalue weighted by Crippen LogP contribution is -2.32. The molecule has 4 aromatic rings. The summed E-state index contributed by atoms with van der Waals surface area (Å²) in [6.45, 7) is 0.818. The minimum Gasteiger partial charge on any atom is -0.468 e. The largest absolute Gasteiger partial charge is 0.468 e. The number of carbonyl (C=O) groups excluding carboxylic acids is 1. The predicted octanol–water partition coefficient (Wildman–Crippen LogP) is 1.60. The molecule has 1 aliphatic heterocycles. The van der Waals surface area contributed by atoms with Crippen molar-refractivity contribution < 1.29 is 18.7 Å². The van der Waals surface area contributed by atoms with Crippen molar-refractivity contribution in [2.45, 2.75) is 25.4 Å². The molecule has 3 aromatic heterocycles. The van der Waals surface area contributed by atoms with Gasteiger partial charge in [-0.3, -0.25) is 18.5 Å². The summed E-state index contributed by atoms with van der Waals surface area (Å²) >= 11 is 0. The molecule has 0 radical (unpaired) electrons. The van der Waals surface area contributed by atoms with Gasteiger partial charge in [-0.2, -0.15) is 4.98 Å². The van der Waals surface area contributed by atoms with E-state index in [1.807, 2.05) is 0 Å². The molecule has 31 heavy (non-hydrogen) atoms. The second kappa shape index (κ2) is 7.58. The summed E-state index contributed by atoms with van der Waals surface area (Å²) in [5.74, 6) is -0.705. The Kier molecular flexibility index (Phi) is 4.74. The number of methoxy groups -OCH3 is 1. The number of aromatic nitrogens is 6. The second-order valence-electron chi connectivity index (χ2n) is 7.28. The first-order valence-corrected chi connectivity index (χ1v) is 9.82. The van der Waals surface area contributed by atoms with Gasteiger partial charge in [0.1, 0.15) is 24.2 Å². The van der Waals surface area contributed by atoms with Crippen LogP contribution >= 0.6 is 0 Å². The van der Waals surface area contributed by atoms with Crippen LogP contribution in [0.25, 0.3) is 28.1 Å². The van der Waals surface area contributed by atoms with Crippen LogP contribution in [0.1, 0.15) is 18.9 Å². The highest BCUT2D eigenvalue weighted by Crippen LogP contribution is 2.25. The zero-order valence-corrected chi connectivity index (χ0v) is 16.7. The fourth-order valence-corrected chi connectivity index (χ4v) is 3.92. The van der Waals surface area contributed by atoms with Crippen molar-refractivity contribution in [1.82, 2.24) is 28.7 Å². The average molecular weight is 426 g/mol. The van der Waals surface area contributed by atoms with E-state index in [1.54, 1.807) is 15.2 Å². The summed E-state index contributed by atoms with van der Waals surface area (Å²) < 4.78 is 28.4. The van der Waals surface area contributed by atoms with Crippen molar-refractivity contribution in [2.24, 2.45) is 0 Å². The third kappa shape index (κ3) is 3.26. The van der Waals surface area contributed by atoms with Crippen LogP contribution < -0.4 is 5.69 Å². The van der Waals surface area contributed by atoms with Crippen molar-refractivity contribution in [2.75, 3.05) is 20.3 Å². The summed E-state index contributed by atoms with van der Waals surface area (Å²) in [7, 11) is 1.27. The van der Waals surface area contributed by atoms with Crippen LogP contribution in [0.15, 0.2) is 35.5 Å². The topological polar surface area (TPSA) is 106 Å². The number of hydrogen-bond donors (Lipinski definition) is 0. The maximum absolute atomic E-state index is 13.8. The smallest absolute Gasteiger partial charge is 0.331 e. The van der Waals surface area contributed by atoms with Crippen molar-refractivity contribution >= 4 is 28.2 Å². The highest BCUT2D eigenvalue weighted by atomic mass is 19.1. The molecule has 11 heteroatoms. The summed E-state index contributed by atoms with van der Waals surface area (Å²) in [6.07, 6.45) is 4.29. The van der Waals surface area contributed by atoms with Gasteiger partial charge in [0.2, 0.25) is 5.95 Å². The number of carbonyl (C=O) groups is 1. The Balaban J connectivity index is 1.71. The number of imidazole rings is 2. The van der Waals surface area contributed by atoms with Gasteiger partial charge in [0.05, 0.1) is 24.3 Å². The second-order valence-corrected chi connectivity index (χ2v) is 7.28. The molecule has 160 valence electrons. The fraction of sp³-hybridized carbons (Fsp3) is 0.350. The summed E-state index contributed by atoms with van der Waals surface area (Å²) in [4.78, 5) is 38.4. The highest BCUT2D eigenvalue weighted by Gasteiger charge is 2.25. The lowest BCUT2D eigenvalue weighted by Gasteiger charge is -2.22. The van der Waals surface area contributed by atoms with Gasteiger partial charge in [0.25, 0.3) is 0 Å². The molecule has 0 amide bonds. The number of benzene rings is 1. The quantitative estimate of drug-likeness (QED) is 0.456. The number of fused-ring (bicyclic) bond motifs is 2. The maximum atomic E-state index is 13.8. The molecule has 10 nitrogen and oxygen atoms in total. The summed E-state index contributed by atoms with van der Waals surface area (Å²) in [5.41, 5.74) is 1.55. The Bertz CT molecular complexity index is 1350. The molecule has 1 saturated heterocycles. The SMILES string of the molecule is COC(=O)Cn1c(=O)n(C2CCOCC2)c2nc(-n3cnc4ccc(F)cc43)ncc21. The number of hydrogen-bond acceptors (Lipinski definition) is 7. The van der Waals surface area contributed by atoms with Gasteiger partial charge in [-0.15, -0.1) is 0 Å². The van der Waals surface area contributed by atoms with Crippen LogP contribution in [0.4, 0.5) is 4.39 Å². The summed E-state index contributed by atoms with van der Waals surface area (Å²) in [6, 6.07) is 4.13. The fourth-order valence-electron chi connectivity index (χ4n) is 3.92. The maximum Gasteiger partial charge on any atom is 0.331 e. The van der Waals surface area contributed by atoms with E-state index < -0.39 is 11.8 Å². The number of esters is 1. The van der Waals surface area contributed by atoms with Crippen molar-refractivity contribution in [3.8, 4) is 5.95 Å². The van der Waals surface area contributed by atoms with E-state index in [2.05, 4.69) is 15.0 Å². The lowest BCUT2D eigenvalue weighted by molar-refractivity contribution is -0.141. The standard InChI is InChI=1S/C20H19FN6O4/c1-30-17(28)10-25-16-9-22-19(26-11-23-14-3-2-12(21)8-15(14)26)24-18(16)27(20(25)29)13-4-6-31-7-5-13/h2-3,8-9,11,13H,4-7,10H2,1H3. The third-order valence-corrected chi connectivity index (χ3v) is 5.49. The molecule has 0 aliphatic carbocycles. The van der Waals surface area contributed by atoms with Crippen LogP contribution in [0.5, 0.6) is 0 Å². The molecule has 0 spiro atoms. The van der Waals surface area contributed by atoms with Gasteiger partial charge in [-0.25, -0.2) is 19.2 Å². The minimum absolute atomic E-state index is 0.123. The van der Waals surface area contributed by atoms with Crippen LogP contribution in [0.3, 0.4) is 0 Å². The van der Waals surface area contributed by atoms with Crippen molar-refractivity contribution in [3.05, 3.63) is 47.0 Å². The molecule has 0 saturated carbocycles. The Labute approximate surface area is 174 Å². The molecular weight excluding hydrogens is 407 g/mol. The van der Waals surface area contributed by atoms with E-state index in [1.165, 1.54) is 36.3 Å². The van der Waals surface area contributed by atoms with Crippen LogP contribution in [-0.2, 0) is 20.8 Å². The molecule has 0 unspecified atom stereocenters. The van der Waals surface area contributed by atoms with E-state index in [-0.39, 0.29) is 24.2 Å². The Hall–Kier alpha value is -3.60. The molecule has 0 atom stereocenters. The van der Waals surface area contributed by atoms with Crippen molar-refractivity contribution in [1.29, 1.82) is 0 Å². The van der Waals surface area contributed by atoms with E-state index in [0.29, 0.717) is 48.3 Å². The first-order chi connectivity index (χ1) is 15.1. The van der Waals surface area contributed by atoms with Crippen molar-refractivity contribution in [3.63, 3.8) is 0 Å². The van der Waals surface area contributed by atoms with Crippen LogP contribution in [-0.4, -0.2) is 54.9 Å². The number of halogens is 1. The summed E-state index contributed by atoms with van der Waals surface area (Å²) in [5, 5.41) is 0. The minimum atomic E-state index is -0.548. The monoisotopic (exact) mass is 426 g/mol. The van der Waals surface area contributed by atoms with Crippen LogP contribution in [0.2, 0.25) is 0 Å². The lowest BCUT2D eigenvalue weighted by atomic mass is 10.1. The van der Waals surface area contributed by atoms with Gasteiger partial charge in [0.15, 0.2) is 5.65 Å². The van der Waals surface area contributed by atoms with Gasteiger partial charge in [-0.05, 0) is 25.0 Å². The molecule has 1 aliphatic rings. The van der Waals surface area contributed by atoms with E-state index >= 15 is 0 Å². The molecule has 0 N–H and O–H groups in total. The zero-order valence-electron chi connectivity index (χ0n) is 16.7. The van der Waals surface area contributed by atoms with Gasteiger partial charge < -0.3 is 9.47 Å². The Morgan fingerprint density at radius 1 is 1.26 bits per heavy atom. The number of ether oxygens (including phenoxy) is 2. The molecule has 4 heterocycles. The zero-order chi connectivity index (χ0) is 21.5. The molecule has 1 aromatic carbocycles. The van der Waals surface area contributed by atoms with E-state index in [0.717, 1.165) is 0 Å². The molecule has 0 bridgehead atoms. The Morgan fingerprint density at radius 3 is 2.84 bits per heavy atom. The molecular formula is C20H19FN6O4. The normalized spacial score (nSPS) is 15.0. The van der Waals surface area contributed by atoms with E-state index in [9.17, 15) is 14.0 Å². The van der Waals surface area contributed by atoms with Crippen LogP contribution in [0, 0.1) is 5.82 Å².